The molecule has 0 saturated heterocycles. The van der Waals surface area contributed by atoms with Gasteiger partial charge < -0.3 is 4.90 Å². The monoisotopic (exact) mass is 325 g/mol. The topological polar surface area (TPSA) is 20.3 Å². The molecule has 2 nitrogen and oxygen atoms in total. The van der Waals surface area contributed by atoms with E-state index in [2.05, 4.69) is 0 Å². The first-order valence-corrected chi connectivity index (χ1v) is 6.65. The molecular weight excluding hydrogens is 312 g/mol. The van der Waals surface area contributed by atoms with E-state index < -0.39 is 29.4 Å². The van der Waals surface area contributed by atoms with E-state index in [1.807, 2.05) is 0 Å². The second-order valence-corrected chi connectivity index (χ2v) is 5.11. The van der Waals surface area contributed by atoms with Gasteiger partial charge in [-0.2, -0.15) is 26.3 Å². The number of hydrogen-bond donors (Lipinski definition) is 0. The number of halogens is 6. The molecule has 1 amide bonds. The highest BCUT2D eigenvalue weighted by atomic mass is 19.4. The number of anilines is 1. The summed E-state index contributed by atoms with van der Waals surface area (Å²) in [4.78, 5) is 12.9. The molecule has 0 aliphatic heterocycles. The first kappa shape index (κ1) is 16.6. The van der Waals surface area contributed by atoms with Crippen LogP contribution in [0.2, 0.25) is 0 Å². The standard InChI is InChI=1S/C14H13F6NO/c1-2-12(22)21(10-3-4-10)11-6-8(13(15,16)17)5-9(7-11)14(18,19)20/h5-7,10H,2-4H2,1H3. The fraction of sp³-hybridized carbons (Fsp3) is 0.500. The molecule has 1 aromatic rings. The van der Waals surface area contributed by atoms with Crippen molar-refractivity contribution in [3.8, 4) is 0 Å². The highest BCUT2D eigenvalue weighted by Crippen LogP contribution is 2.40. The number of rotatable bonds is 3. The van der Waals surface area contributed by atoms with Crippen molar-refractivity contribution >= 4 is 11.6 Å². The van der Waals surface area contributed by atoms with Crippen molar-refractivity contribution in [2.45, 2.75) is 44.6 Å². The predicted molar refractivity (Wildman–Crippen MR) is 67.2 cm³/mol. The first-order chi connectivity index (χ1) is 10.0. The molecule has 0 aromatic heterocycles. The predicted octanol–water partition coefficient (Wildman–Crippen LogP) is 4.63. The van der Waals surface area contributed by atoms with Crippen LogP contribution in [0, 0.1) is 0 Å². The van der Waals surface area contributed by atoms with Crippen LogP contribution in [0.15, 0.2) is 18.2 Å². The lowest BCUT2D eigenvalue weighted by atomic mass is 10.1. The summed E-state index contributed by atoms with van der Waals surface area (Å²) in [6, 6.07) is 0.935. The Kier molecular flexibility index (Phi) is 4.14. The number of nitrogens with zero attached hydrogens (tertiary/aromatic N) is 1. The number of benzene rings is 1. The van der Waals surface area contributed by atoms with E-state index in [1.54, 1.807) is 0 Å². The minimum Gasteiger partial charge on any atom is -0.309 e. The number of carbonyl (C=O) groups is 1. The molecule has 1 aromatic carbocycles. The summed E-state index contributed by atoms with van der Waals surface area (Å²) in [7, 11) is 0. The van der Waals surface area contributed by atoms with Gasteiger partial charge in [0.25, 0.3) is 0 Å². The summed E-state index contributed by atoms with van der Waals surface area (Å²) in [5.41, 5.74) is -3.17. The molecule has 2 rings (SSSR count). The van der Waals surface area contributed by atoms with Gasteiger partial charge in [-0.25, -0.2) is 0 Å². The molecule has 1 aliphatic carbocycles. The van der Waals surface area contributed by atoms with Crippen molar-refractivity contribution in [2.24, 2.45) is 0 Å². The number of amides is 1. The van der Waals surface area contributed by atoms with E-state index in [1.165, 1.54) is 6.92 Å². The van der Waals surface area contributed by atoms with E-state index >= 15 is 0 Å². The molecule has 0 atom stereocenters. The van der Waals surface area contributed by atoms with Crippen molar-refractivity contribution in [3.05, 3.63) is 29.3 Å². The molecule has 0 radical (unpaired) electrons. The fourth-order valence-electron chi connectivity index (χ4n) is 2.14. The molecule has 0 spiro atoms. The highest BCUT2D eigenvalue weighted by molar-refractivity contribution is 5.94. The van der Waals surface area contributed by atoms with Gasteiger partial charge in [0.15, 0.2) is 0 Å². The van der Waals surface area contributed by atoms with Gasteiger partial charge in [0.05, 0.1) is 11.1 Å². The van der Waals surface area contributed by atoms with Gasteiger partial charge in [0.1, 0.15) is 0 Å². The lowest BCUT2D eigenvalue weighted by Gasteiger charge is -2.24. The Morgan fingerprint density at radius 2 is 1.50 bits per heavy atom. The minimum absolute atomic E-state index is 0.00803. The Morgan fingerprint density at radius 3 is 1.82 bits per heavy atom. The van der Waals surface area contributed by atoms with E-state index in [-0.39, 0.29) is 24.2 Å². The molecule has 1 fully saturated rings. The molecule has 1 saturated carbocycles. The molecule has 1 aliphatic rings. The van der Waals surface area contributed by atoms with Crippen molar-refractivity contribution in [1.82, 2.24) is 0 Å². The van der Waals surface area contributed by atoms with Gasteiger partial charge >= 0.3 is 12.4 Å². The van der Waals surface area contributed by atoms with Crippen LogP contribution in [0.4, 0.5) is 32.0 Å². The van der Waals surface area contributed by atoms with Gasteiger partial charge in [-0.3, -0.25) is 4.79 Å². The summed E-state index contributed by atoms with van der Waals surface area (Å²) in [5, 5.41) is 0. The maximum Gasteiger partial charge on any atom is 0.416 e. The second-order valence-electron chi connectivity index (χ2n) is 5.11. The van der Waals surface area contributed by atoms with Gasteiger partial charge in [-0.05, 0) is 31.0 Å². The Hall–Kier alpha value is -1.73. The Labute approximate surface area is 122 Å². The van der Waals surface area contributed by atoms with Crippen LogP contribution in [-0.4, -0.2) is 11.9 Å². The van der Waals surface area contributed by atoms with Gasteiger partial charge in [-0.1, -0.05) is 6.92 Å². The summed E-state index contributed by atoms with van der Waals surface area (Å²) in [5.74, 6) is -0.491. The second kappa shape index (κ2) is 5.48. The molecule has 0 heterocycles. The zero-order valence-corrected chi connectivity index (χ0v) is 11.6. The average molecular weight is 325 g/mol. The molecule has 0 unspecified atom stereocenters. The van der Waals surface area contributed by atoms with Crippen LogP contribution in [0.5, 0.6) is 0 Å². The zero-order chi connectivity index (χ0) is 16.7. The highest BCUT2D eigenvalue weighted by Gasteiger charge is 2.40. The van der Waals surface area contributed by atoms with E-state index in [4.69, 9.17) is 0 Å². The lowest BCUT2D eigenvalue weighted by Crippen LogP contribution is -2.33. The smallest absolute Gasteiger partial charge is 0.309 e. The number of carbonyl (C=O) groups excluding carboxylic acids is 1. The largest absolute Gasteiger partial charge is 0.416 e. The van der Waals surface area contributed by atoms with Gasteiger partial charge in [-0.15, -0.1) is 0 Å². The molecule has 0 N–H and O–H groups in total. The number of alkyl halides is 6. The van der Waals surface area contributed by atoms with Crippen LogP contribution in [-0.2, 0) is 17.1 Å². The van der Waals surface area contributed by atoms with Gasteiger partial charge in [0, 0.05) is 18.2 Å². The van der Waals surface area contributed by atoms with E-state index in [9.17, 15) is 31.1 Å². The Bertz CT molecular complexity index is 541. The Balaban J connectivity index is 2.56. The first-order valence-electron chi connectivity index (χ1n) is 6.65. The van der Waals surface area contributed by atoms with Crippen LogP contribution in [0.3, 0.4) is 0 Å². The normalized spacial score (nSPS) is 15.8. The zero-order valence-electron chi connectivity index (χ0n) is 11.6. The maximum atomic E-state index is 12.8. The third-order valence-electron chi connectivity index (χ3n) is 3.33. The van der Waals surface area contributed by atoms with Crippen molar-refractivity contribution in [3.63, 3.8) is 0 Å². The summed E-state index contributed by atoms with van der Waals surface area (Å²) >= 11 is 0. The van der Waals surface area contributed by atoms with Crippen molar-refractivity contribution < 1.29 is 31.1 Å². The quantitative estimate of drug-likeness (QED) is 0.742. The summed E-state index contributed by atoms with van der Waals surface area (Å²) in [6.45, 7) is 1.51. The summed E-state index contributed by atoms with van der Waals surface area (Å²) < 4.78 is 77.0. The Morgan fingerprint density at radius 1 is 1.05 bits per heavy atom. The molecule has 122 valence electrons. The lowest BCUT2D eigenvalue weighted by molar-refractivity contribution is -0.143. The number of hydrogen-bond acceptors (Lipinski definition) is 1. The van der Waals surface area contributed by atoms with E-state index in [0.717, 1.165) is 4.90 Å². The fourth-order valence-corrected chi connectivity index (χ4v) is 2.14. The molecular formula is C14H13F6NO. The third kappa shape index (κ3) is 3.53. The molecule has 22 heavy (non-hydrogen) atoms. The summed E-state index contributed by atoms with van der Waals surface area (Å²) in [6.07, 6.45) is -8.68. The maximum absolute atomic E-state index is 12.8. The minimum atomic E-state index is -4.92. The van der Waals surface area contributed by atoms with Crippen LogP contribution in [0.25, 0.3) is 0 Å². The van der Waals surface area contributed by atoms with Crippen molar-refractivity contribution in [2.75, 3.05) is 4.90 Å². The van der Waals surface area contributed by atoms with Crippen LogP contribution in [0.1, 0.15) is 37.3 Å². The van der Waals surface area contributed by atoms with E-state index in [0.29, 0.717) is 25.0 Å². The molecule has 0 bridgehead atoms. The van der Waals surface area contributed by atoms with Crippen LogP contribution < -0.4 is 4.90 Å². The third-order valence-corrected chi connectivity index (χ3v) is 3.33. The van der Waals surface area contributed by atoms with Crippen molar-refractivity contribution in [1.29, 1.82) is 0 Å². The van der Waals surface area contributed by atoms with Gasteiger partial charge in [0.2, 0.25) is 5.91 Å². The van der Waals surface area contributed by atoms with Crippen LogP contribution >= 0.6 is 0 Å². The SMILES string of the molecule is CCC(=O)N(c1cc(C(F)(F)F)cc(C(F)(F)F)c1)C1CC1. The average Bonchev–Trinajstić information content (AvgIpc) is 3.21. The molecule has 8 heteroatoms.